The number of hydrogen-bond acceptors (Lipinski definition) is 12. The molecule has 12 amide bonds. The van der Waals surface area contributed by atoms with Crippen molar-refractivity contribution in [3.63, 3.8) is 0 Å². The molecule has 4 heterocycles. The quantitative estimate of drug-likeness (QED) is 0.226. The number of hydrogen-bond donors (Lipinski definition) is 3. The van der Waals surface area contributed by atoms with Gasteiger partial charge in [0.05, 0.1) is 18.9 Å². The highest BCUT2D eigenvalue weighted by atomic mass is 35.5. The molecule has 6 aliphatic rings. The Kier molecular flexibility index (Phi) is 28.9. The molecular formula is C69H112ClF3N12O12. The third-order valence-electron chi connectivity index (χ3n) is 21.8. The fourth-order valence-electron chi connectivity index (χ4n) is 15.1. The second-order valence-electron chi connectivity index (χ2n) is 29.5. The van der Waals surface area contributed by atoms with E-state index in [2.05, 4.69) is 16.0 Å². The fourth-order valence-corrected chi connectivity index (χ4v) is 15.7. The maximum Gasteiger partial charge on any atom is 0.393 e. The van der Waals surface area contributed by atoms with Crippen LogP contribution < -0.4 is 16.0 Å². The zero-order valence-corrected chi connectivity index (χ0v) is 60.7. The molecule has 2 saturated carbocycles. The van der Waals surface area contributed by atoms with E-state index in [9.17, 15) is 61.1 Å². The van der Waals surface area contributed by atoms with Crippen molar-refractivity contribution in [2.75, 3.05) is 75.0 Å². The zero-order valence-electron chi connectivity index (χ0n) is 59.9. The van der Waals surface area contributed by atoms with Gasteiger partial charge in [0.1, 0.15) is 60.4 Å². The summed E-state index contributed by atoms with van der Waals surface area (Å²) >= 11 is 6.37. The summed E-state index contributed by atoms with van der Waals surface area (Å²) in [5, 5.41) is 7.24. The summed E-state index contributed by atoms with van der Waals surface area (Å²) in [7, 11) is 8.53. The Morgan fingerprint density at radius 3 is 1.78 bits per heavy atom. The number of piperidine rings is 1. The van der Waals surface area contributed by atoms with Crippen molar-refractivity contribution in [3.05, 3.63) is 0 Å². The molecule has 3 unspecified atom stereocenters. The summed E-state index contributed by atoms with van der Waals surface area (Å²) in [5.74, 6) is -11.0. The zero-order chi connectivity index (χ0) is 72.2. The van der Waals surface area contributed by atoms with Crippen LogP contribution >= 0.6 is 11.6 Å². The van der Waals surface area contributed by atoms with Gasteiger partial charge in [-0.3, -0.25) is 57.5 Å². The molecule has 24 nitrogen and oxygen atoms in total. The van der Waals surface area contributed by atoms with Gasteiger partial charge >= 0.3 is 6.18 Å². The van der Waals surface area contributed by atoms with Gasteiger partial charge in [-0.2, -0.15) is 13.2 Å². The maximum atomic E-state index is 15.1. The topological polar surface area (TPSA) is 270 Å². The summed E-state index contributed by atoms with van der Waals surface area (Å²) in [6, 6.07) is -12.1. The van der Waals surface area contributed by atoms with Gasteiger partial charge in [0, 0.05) is 73.8 Å². The molecule has 0 spiro atoms. The molecule has 0 aromatic rings. The van der Waals surface area contributed by atoms with Crippen molar-refractivity contribution in [3.8, 4) is 0 Å². The van der Waals surface area contributed by atoms with E-state index in [0.29, 0.717) is 38.8 Å². The predicted molar refractivity (Wildman–Crippen MR) is 358 cm³/mol. The van der Waals surface area contributed by atoms with Gasteiger partial charge in [-0.25, -0.2) is 0 Å². The number of fused-ring (bicyclic) bond motifs is 2. The van der Waals surface area contributed by atoms with Crippen LogP contribution in [0.25, 0.3) is 0 Å². The second-order valence-corrected chi connectivity index (χ2v) is 30.1. The molecule has 0 bridgehead atoms. The number of halogens is 4. The lowest BCUT2D eigenvalue weighted by Gasteiger charge is -2.45. The first-order valence-electron chi connectivity index (χ1n) is 35.6. The number of nitrogens with zero attached hydrogens (tertiary/aromatic N) is 9. The van der Waals surface area contributed by atoms with Crippen LogP contribution in [0.2, 0.25) is 0 Å². The molecule has 6 fully saturated rings. The highest BCUT2D eigenvalue weighted by molar-refractivity contribution is 6.21. The van der Waals surface area contributed by atoms with Crippen LogP contribution in [0.3, 0.4) is 0 Å². The monoisotopic (exact) mass is 1390 g/mol. The van der Waals surface area contributed by atoms with Crippen molar-refractivity contribution in [2.24, 2.45) is 35.5 Å². The first-order chi connectivity index (χ1) is 45.5. The smallest absolute Gasteiger partial charge is 0.343 e. The normalized spacial score (nSPS) is 31.1. The van der Waals surface area contributed by atoms with E-state index >= 15 is 9.59 Å². The van der Waals surface area contributed by atoms with Gasteiger partial charge in [-0.15, -0.1) is 11.6 Å². The number of carbonyl (C=O) groups excluding carboxylic acids is 12. The minimum Gasteiger partial charge on any atom is -0.343 e. The lowest BCUT2D eigenvalue weighted by molar-refractivity contribution is -0.182. The number of rotatable bonds is 11. The third kappa shape index (κ3) is 19.8. The fraction of sp³-hybridized carbons (Fsp3) is 0.826. The molecule has 548 valence electrons. The van der Waals surface area contributed by atoms with Crippen molar-refractivity contribution >= 4 is 82.5 Å². The summed E-state index contributed by atoms with van der Waals surface area (Å²) in [6.07, 6.45) is 3.10. The molecule has 14 atom stereocenters. The molecule has 97 heavy (non-hydrogen) atoms. The molecule has 0 aromatic carbocycles. The highest BCUT2D eigenvalue weighted by Gasteiger charge is 2.50. The molecular weight excluding hydrogens is 1280 g/mol. The van der Waals surface area contributed by atoms with E-state index in [-0.39, 0.29) is 88.6 Å². The molecule has 3 N–H and O–H groups in total. The second kappa shape index (κ2) is 35.2. The van der Waals surface area contributed by atoms with E-state index < -0.39 is 174 Å². The first kappa shape index (κ1) is 79.7. The average Bonchev–Trinajstić information content (AvgIpc) is 1.21. The molecule has 0 radical (unpaired) electrons. The molecule has 4 saturated heterocycles. The number of amides is 12. The summed E-state index contributed by atoms with van der Waals surface area (Å²) < 4.78 is 41.8. The van der Waals surface area contributed by atoms with Crippen LogP contribution in [0.4, 0.5) is 13.2 Å². The summed E-state index contributed by atoms with van der Waals surface area (Å²) in [4.78, 5) is 189. The van der Waals surface area contributed by atoms with Gasteiger partial charge < -0.3 is 60.0 Å². The van der Waals surface area contributed by atoms with Gasteiger partial charge in [-0.1, -0.05) is 80.1 Å². The van der Waals surface area contributed by atoms with Gasteiger partial charge in [0.25, 0.3) is 0 Å². The van der Waals surface area contributed by atoms with Crippen LogP contribution in [0.15, 0.2) is 0 Å². The Bertz CT molecular complexity index is 2820. The SMILES string of the molecule is CC[C@H](C)[C@@H]1NC(=O)[C@H](CC(C)C)N(C)C(=O)C[C@@H](C(=O)N2CCCCC2)N(C)C(=O)[C@H](C(C)C)N(C)C(=O)[C@@H](C)NC(=O)[C@@H]2CCCN2C(=O)[C@H](CCC2CCC(C(F)(F)F)C(Cl)C2)NC(=O)CN(C)C(=O)[C@H](CC2CCCCC2)N(C)C(=O)[C@@H]2CCN2C(=O)[C@H](C)N(C)C1=O. The summed E-state index contributed by atoms with van der Waals surface area (Å²) in [5.41, 5.74) is 0. The standard InChI is InChI=1S/C69H112ClF3N12O12/c1-15-42(6)57-67(96)78(10)44(8)62(91)85-34-30-51(85)65(94)80(12)53(37-45-23-18-16-19-24-45)64(93)77(9)39-55(86)75-49(29-27-46-26-28-47(48(70)36-46)69(71,72)73)63(92)84-33-22-25-50(84)59(88)74-43(7)61(90)82(14)58(41(4)5)68(97)81(13)54(66(95)83-31-20-17-21-32-83)38-56(87)79(11)52(35-40(2)3)60(89)76-57/h40-54,57-58H,15-39H2,1-14H3,(H,74,88)(H,75,86)(H,76,89)/t42-,43+,44-,46?,47?,48?,49-,50-,51-,52-,53-,54-,57-,58-/m0/s1. The third-order valence-corrected chi connectivity index (χ3v) is 22.3. The molecule has 2 aliphatic carbocycles. The van der Waals surface area contributed by atoms with Gasteiger partial charge in [0.2, 0.25) is 70.9 Å². The van der Waals surface area contributed by atoms with Crippen LogP contribution in [-0.2, 0) is 57.5 Å². The lowest BCUT2D eigenvalue weighted by Crippen LogP contribution is -2.65. The number of likely N-dealkylation sites (N-methyl/N-ethyl adjacent to an activating group) is 6. The lowest BCUT2D eigenvalue weighted by atomic mass is 9.78. The predicted octanol–water partition coefficient (Wildman–Crippen LogP) is 5.17. The van der Waals surface area contributed by atoms with E-state index in [1.807, 2.05) is 20.8 Å². The van der Waals surface area contributed by atoms with Crippen LogP contribution in [0.5, 0.6) is 0 Å². The Balaban J connectivity index is 1.39. The number of alkyl halides is 4. The van der Waals surface area contributed by atoms with Gasteiger partial charge in [0.15, 0.2) is 0 Å². The largest absolute Gasteiger partial charge is 0.393 e. The van der Waals surface area contributed by atoms with Crippen LogP contribution in [0, 0.1) is 35.5 Å². The van der Waals surface area contributed by atoms with Crippen molar-refractivity contribution in [1.82, 2.24) is 60.0 Å². The van der Waals surface area contributed by atoms with Crippen molar-refractivity contribution in [2.45, 2.75) is 256 Å². The van der Waals surface area contributed by atoms with Crippen molar-refractivity contribution in [1.29, 1.82) is 0 Å². The maximum absolute atomic E-state index is 15.1. The Hall–Kier alpha value is -6.28. The molecule has 6 rings (SSSR count). The van der Waals surface area contributed by atoms with Crippen molar-refractivity contribution < 1.29 is 70.7 Å². The van der Waals surface area contributed by atoms with E-state index in [1.54, 1.807) is 25.7 Å². The summed E-state index contributed by atoms with van der Waals surface area (Å²) in [6.45, 7) is 14.1. The Morgan fingerprint density at radius 2 is 1.21 bits per heavy atom. The highest BCUT2D eigenvalue weighted by Crippen LogP contribution is 2.44. The Labute approximate surface area is 577 Å². The first-order valence-corrected chi connectivity index (χ1v) is 36.0. The van der Waals surface area contributed by atoms with E-state index in [1.165, 1.54) is 95.3 Å². The minimum absolute atomic E-state index is 0.00312. The number of likely N-dealkylation sites (tertiary alicyclic amines) is 1. The number of carbonyl (C=O) groups is 12. The van der Waals surface area contributed by atoms with E-state index in [4.69, 9.17) is 11.6 Å². The van der Waals surface area contributed by atoms with Crippen LogP contribution in [0.1, 0.15) is 184 Å². The molecule has 28 heteroatoms. The Morgan fingerprint density at radius 1 is 0.577 bits per heavy atom. The molecule has 4 aliphatic heterocycles. The van der Waals surface area contributed by atoms with E-state index in [0.717, 1.165) is 38.5 Å². The average molecular weight is 1390 g/mol. The molecule has 0 aromatic heterocycles. The van der Waals surface area contributed by atoms with Crippen LogP contribution in [-0.4, -0.2) is 262 Å². The van der Waals surface area contributed by atoms with Gasteiger partial charge in [-0.05, 0) is 127 Å². The minimum atomic E-state index is -4.51. The number of nitrogens with one attached hydrogen (secondary N) is 3.